The molecule has 28 heavy (non-hydrogen) atoms. The molecule has 0 atom stereocenters. The van der Waals surface area contributed by atoms with Crippen LogP contribution in [0.25, 0.3) is 0 Å². The van der Waals surface area contributed by atoms with E-state index in [1.165, 1.54) is 6.20 Å². The van der Waals surface area contributed by atoms with Gasteiger partial charge in [0.2, 0.25) is 0 Å². The van der Waals surface area contributed by atoms with Gasteiger partial charge in [-0.15, -0.1) is 0 Å². The largest absolute Gasteiger partial charge is 0.444 e. The molecule has 0 radical (unpaired) electrons. The number of hydrogen-bond acceptors (Lipinski definition) is 4. The topological polar surface area (TPSA) is 51.7 Å². The van der Waals surface area contributed by atoms with Gasteiger partial charge in [-0.3, -0.25) is 4.98 Å². The van der Waals surface area contributed by atoms with Crippen molar-refractivity contribution in [1.82, 2.24) is 9.88 Å². The van der Waals surface area contributed by atoms with E-state index in [-0.39, 0.29) is 23.9 Å². The molecule has 0 spiro atoms. The fraction of sp³-hybridized carbons (Fsp3) is 0.727. The van der Waals surface area contributed by atoms with Gasteiger partial charge in [0.15, 0.2) is 0 Å². The highest BCUT2D eigenvalue weighted by Gasteiger charge is 2.29. The third-order valence-corrected chi connectivity index (χ3v) is 5.75. The van der Waals surface area contributed by atoms with Gasteiger partial charge in [-0.05, 0) is 82.8 Å². The van der Waals surface area contributed by atoms with Crippen LogP contribution in [0.1, 0.15) is 70.8 Å². The number of piperidine rings is 1. The summed E-state index contributed by atoms with van der Waals surface area (Å²) in [5.74, 6) is 0.581. The predicted octanol–water partition coefficient (Wildman–Crippen LogP) is 4.91. The number of likely N-dealkylation sites (tertiary alicyclic amines) is 1. The van der Waals surface area contributed by atoms with Crippen molar-refractivity contribution < 1.29 is 18.7 Å². The van der Waals surface area contributed by atoms with E-state index in [4.69, 9.17) is 9.47 Å². The Morgan fingerprint density at radius 2 is 1.86 bits per heavy atom. The summed E-state index contributed by atoms with van der Waals surface area (Å²) < 4.78 is 25.5. The van der Waals surface area contributed by atoms with Gasteiger partial charge in [-0.2, -0.15) is 0 Å². The zero-order valence-corrected chi connectivity index (χ0v) is 17.3. The minimum absolute atomic E-state index is 0.191. The zero-order valence-electron chi connectivity index (χ0n) is 17.3. The highest BCUT2D eigenvalue weighted by atomic mass is 19.1. The van der Waals surface area contributed by atoms with Crippen molar-refractivity contribution in [2.24, 2.45) is 5.92 Å². The first-order chi connectivity index (χ1) is 13.3. The summed E-state index contributed by atoms with van der Waals surface area (Å²) >= 11 is 0. The smallest absolute Gasteiger partial charge is 0.410 e. The van der Waals surface area contributed by atoms with E-state index in [0.717, 1.165) is 63.8 Å². The molecular weight excluding hydrogens is 359 g/mol. The summed E-state index contributed by atoms with van der Waals surface area (Å²) in [7, 11) is 0. The van der Waals surface area contributed by atoms with Crippen LogP contribution in [0.5, 0.6) is 0 Å². The number of pyridine rings is 1. The highest BCUT2D eigenvalue weighted by Crippen LogP contribution is 2.35. The number of carbonyl (C=O) groups is 1. The summed E-state index contributed by atoms with van der Waals surface area (Å²) in [5.41, 5.74) is 0.345. The summed E-state index contributed by atoms with van der Waals surface area (Å²) in [4.78, 5) is 17.8. The molecule has 1 saturated heterocycles. The molecule has 0 unspecified atom stereocenters. The number of carbonyl (C=O) groups excluding carboxylic acids is 1. The lowest BCUT2D eigenvalue weighted by Gasteiger charge is -2.34. The van der Waals surface area contributed by atoms with Gasteiger partial charge in [0.25, 0.3) is 0 Å². The fourth-order valence-electron chi connectivity index (χ4n) is 4.14. The molecule has 156 valence electrons. The average Bonchev–Trinajstić information content (AvgIpc) is 2.66. The maximum Gasteiger partial charge on any atom is 0.410 e. The fourth-order valence-corrected chi connectivity index (χ4v) is 4.14. The van der Waals surface area contributed by atoms with Crippen LogP contribution in [0.2, 0.25) is 0 Å². The van der Waals surface area contributed by atoms with E-state index in [0.29, 0.717) is 5.92 Å². The third-order valence-electron chi connectivity index (χ3n) is 5.75. The van der Waals surface area contributed by atoms with Gasteiger partial charge in [-0.25, -0.2) is 9.18 Å². The molecule has 2 fully saturated rings. The lowest BCUT2D eigenvalue weighted by molar-refractivity contribution is -0.0144. The van der Waals surface area contributed by atoms with E-state index < -0.39 is 5.60 Å². The number of halogens is 1. The number of amides is 1. The molecule has 0 bridgehead atoms. The standard InChI is InChI=1S/C22H33FN2O3/c1-22(2,3)28-21(26)25-12-9-16(10-13-25)15-27-18-6-4-17(5-7-18)19-8-11-24-14-20(19)23/h8,11,14,16-18H,4-7,9-10,12-13,15H2,1-3H3/t17-,18+. The van der Waals surface area contributed by atoms with Crippen LogP contribution in [-0.4, -0.2) is 47.4 Å². The molecule has 0 N–H and O–H groups in total. The van der Waals surface area contributed by atoms with Gasteiger partial charge in [-0.1, -0.05) is 0 Å². The van der Waals surface area contributed by atoms with Crippen LogP contribution in [0.4, 0.5) is 9.18 Å². The average molecular weight is 393 g/mol. The number of aromatic nitrogens is 1. The minimum Gasteiger partial charge on any atom is -0.444 e. The van der Waals surface area contributed by atoms with Crippen molar-refractivity contribution in [2.45, 2.75) is 76.9 Å². The van der Waals surface area contributed by atoms with E-state index in [2.05, 4.69) is 4.98 Å². The molecule has 3 rings (SSSR count). The van der Waals surface area contributed by atoms with Gasteiger partial charge in [0, 0.05) is 25.9 Å². The molecule has 1 saturated carbocycles. The van der Waals surface area contributed by atoms with E-state index in [1.54, 1.807) is 17.2 Å². The van der Waals surface area contributed by atoms with Crippen LogP contribution < -0.4 is 0 Å². The summed E-state index contributed by atoms with van der Waals surface area (Å²) in [5, 5.41) is 0. The molecule has 1 aliphatic carbocycles. The van der Waals surface area contributed by atoms with Gasteiger partial charge < -0.3 is 14.4 Å². The molecule has 2 heterocycles. The van der Waals surface area contributed by atoms with Gasteiger partial charge in [0.1, 0.15) is 11.4 Å². The number of rotatable bonds is 4. The van der Waals surface area contributed by atoms with Crippen LogP contribution in [0.3, 0.4) is 0 Å². The molecule has 1 aromatic rings. The van der Waals surface area contributed by atoms with Gasteiger partial charge >= 0.3 is 6.09 Å². The maximum atomic E-state index is 13.9. The minimum atomic E-state index is -0.449. The number of ether oxygens (including phenoxy) is 2. The third kappa shape index (κ3) is 5.90. The Kier molecular flexibility index (Phi) is 6.91. The van der Waals surface area contributed by atoms with Crippen LogP contribution in [0.15, 0.2) is 18.5 Å². The molecule has 1 aromatic heterocycles. The first-order valence-corrected chi connectivity index (χ1v) is 10.5. The molecule has 2 aliphatic rings. The second-order valence-electron chi connectivity index (χ2n) is 9.11. The first kappa shape index (κ1) is 21.0. The van der Waals surface area contributed by atoms with Crippen molar-refractivity contribution in [3.05, 3.63) is 29.8 Å². The van der Waals surface area contributed by atoms with Crippen LogP contribution in [-0.2, 0) is 9.47 Å². The molecule has 0 aromatic carbocycles. The second kappa shape index (κ2) is 9.21. The Morgan fingerprint density at radius 3 is 2.46 bits per heavy atom. The Labute approximate surface area is 167 Å². The predicted molar refractivity (Wildman–Crippen MR) is 106 cm³/mol. The Balaban J connectivity index is 1.35. The van der Waals surface area contributed by atoms with Crippen LogP contribution in [0, 0.1) is 11.7 Å². The lowest BCUT2D eigenvalue weighted by atomic mass is 9.83. The molecule has 1 amide bonds. The molecule has 5 nitrogen and oxygen atoms in total. The lowest BCUT2D eigenvalue weighted by Crippen LogP contribution is -2.42. The maximum absolute atomic E-state index is 13.9. The van der Waals surface area contributed by atoms with Crippen molar-refractivity contribution in [3.63, 3.8) is 0 Å². The van der Waals surface area contributed by atoms with E-state index in [9.17, 15) is 9.18 Å². The monoisotopic (exact) mass is 392 g/mol. The van der Waals surface area contributed by atoms with Gasteiger partial charge in [0.05, 0.1) is 12.3 Å². The number of nitrogens with zero attached hydrogens (tertiary/aromatic N) is 2. The summed E-state index contributed by atoms with van der Waals surface area (Å²) in [6.07, 6.45) is 8.82. The van der Waals surface area contributed by atoms with Crippen molar-refractivity contribution in [2.75, 3.05) is 19.7 Å². The Bertz CT molecular complexity index is 645. The number of hydrogen-bond donors (Lipinski definition) is 0. The SMILES string of the molecule is CC(C)(C)OC(=O)N1CCC(CO[C@H]2CC[C@@H](c3ccncc3F)CC2)CC1. The zero-order chi connectivity index (χ0) is 20.1. The van der Waals surface area contributed by atoms with Crippen molar-refractivity contribution in [3.8, 4) is 0 Å². The Morgan fingerprint density at radius 1 is 1.18 bits per heavy atom. The van der Waals surface area contributed by atoms with Crippen molar-refractivity contribution >= 4 is 6.09 Å². The van der Waals surface area contributed by atoms with E-state index >= 15 is 0 Å². The van der Waals surface area contributed by atoms with E-state index in [1.807, 2.05) is 20.8 Å². The summed E-state index contributed by atoms with van der Waals surface area (Å²) in [6, 6.07) is 1.81. The van der Waals surface area contributed by atoms with Crippen molar-refractivity contribution in [1.29, 1.82) is 0 Å². The van der Waals surface area contributed by atoms with Crippen LogP contribution >= 0.6 is 0 Å². The summed E-state index contributed by atoms with van der Waals surface area (Å²) in [6.45, 7) is 7.89. The normalized spacial score (nSPS) is 24.2. The Hall–Kier alpha value is -1.69. The molecule has 1 aliphatic heterocycles. The first-order valence-electron chi connectivity index (χ1n) is 10.5. The molecule has 6 heteroatoms. The quantitative estimate of drug-likeness (QED) is 0.730. The molecular formula is C22H33FN2O3. The second-order valence-corrected chi connectivity index (χ2v) is 9.11. The highest BCUT2D eigenvalue weighted by molar-refractivity contribution is 5.68.